The predicted octanol–water partition coefficient (Wildman–Crippen LogP) is 4.72. The lowest BCUT2D eigenvalue weighted by Crippen LogP contribution is -2.31. The lowest BCUT2D eigenvalue weighted by molar-refractivity contribution is -0.140. The zero-order valence-corrected chi connectivity index (χ0v) is 20.2. The topological polar surface area (TPSA) is 85.3 Å². The van der Waals surface area contributed by atoms with Crippen molar-refractivity contribution in [2.45, 2.75) is 45.8 Å². The van der Waals surface area contributed by atoms with Gasteiger partial charge in [-0.1, -0.05) is 31.2 Å². The van der Waals surface area contributed by atoms with Crippen LogP contribution < -0.4 is 9.47 Å². The average molecular weight is 468 g/mol. The highest BCUT2D eigenvalue weighted by Crippen LogP contribution is 2.40. The molecule has 3 rings (SSSR count). The van der Waals surface area contributed by atoms with Crippen LogP contribution in [0.2, 0.25) is 0 Å². The summed E-state index contributed by atoms with van der Waals surface area (Å²) in [6.45, 7) is 7.21. The van der Waals surface area contributed by atoms with Gasteiger partial charge >= 0.3 is 0 Å². The molecule has 34 heavy (non-hydrogen) atoms. The molecule has 1 aliphatic rings. The first kappa shape index (κ1) is 25.3. The monoisotopic (exact) mass is 467 g/mol. The Morgan fingerprint density at radius 3 is 2.50 bits per heavy atom. The fourth-order valence-electron chi connectivity index (χ4n) is 3.93. The summed E-state index contributed by atoms with van der Waals surface area (Å²) < 4.78 is 16.6. The van der Waals surface area contributed by atoms with Gasteiger partial charge in [0.15, 0.2) is 0 Å². The maximum absolute atomic E-state index is 13.2. The Morgan fingerprint density at radius 1 is 1.06 bits per heavy atom. The zero-order chi connectivity index (χ0) is 24.7. The molecule has 0 spiro atoms. The van der Waals surface area contributed by atoms with Gasteiger partial charge < -0.3 is 24.2 Å². The number of hydrogen-bond donors (Lipinski definition) is 1. The van der Waals surface area contributed by atoms with Crippen LogP contribution in [0.15, 0.2) is 54.1 Å². The van der Waals surface area contributed by atoms with Crippen LogP contribution in [-0.4, -0.2) is 54.7 Å². The Bertz CT molecular complexity index is 1040. The number of carbonyl (C=O) groups excluding carboxylic acids is 2. The summed E-state index contributed by atoms with van der Waals surface area (Å²) in [5.41, 5.74) is 1.15. The third-order valence-corrected chi connectivity index (χ3v) is 5.52. The van der Waals surface area contributed by atoms with E-state index in [0.717, 1.165) is 6.42 Å². The van der Waals surface area contributed by atoms with E-state index in [0.29, 0.717) is 48.8 Å². The lowest BCUT2D eigenvalue weighted by Gasteiger charge is -2.25. The standard InChI is InChI=1S/C27H33NO6/c1-5-14-34-22-12-7-10-20(17-22)25(29)23-24(19-9-6-11-21(16-19)32-4)28(27(31)26(23)30)13-8-15-33-18(2)3/h6-7,9-12,16-18,24,29H,5,8,13-15H2,1-4H3/b25-23-. The molecule has 7 heteroatoms. The van der Waals surface area contributed by atoms with Crippen molar-refractivity contribution in [3.8, 4) is 11.5 Å². The quantitative estimate of drug-likeness (QED) is 0.223. The van der Waals surface area contributed by atoms with E-state index in [1.807, 2.05) is 26.8 Å². The molecular weight excluding hydrogens is 434 g/mol. The van der Waals surface area contributed by atoms with Crippen molar-refractivity contribution >= 4 is 17.4 Å². The second-order valence-electron chi connectivity index (χ2n) is 8.42. The van der Waals surface area contributed by atoms with E-state index in [-0.39, 0.29) is 17.4 Å². The van der Waals surface area contributed by atoms with Crippen LogP contribution in [0.4, 0.5) is 0 Å². The van der Waals surface area contributed by atoms with Gasteiger partial charge in [-0.2, -0.15) is 0 Å². The first-order valence-electron chi connectivity index (χ1n) is 11.6. The number of carbonyl (C=O) groups is 2. The number of ether oxygens (including phenoxy) is 3. The van der Waals surface area contributed by atoms with E-state index in [4.69, 9.17) is 14.2 Å². The number of hydrogen-bond acceptors (Lipinski definition) is 6. The zero-order valence-electron chi connectivity index (χ0n) is 20.2. The van der Waals surface area contributed by atoms with Crippen LogP contribution in [-0.2, 0) is 14.3 Å². The van der Waals surface area contributed by atoms with Crippen molar-refractivity contribution in [2.75, 3.05) is 26.9 Å². The van der Waals surface area contributed by atoms with Gasteiger partial charge in [0.1, 0.15) is 17.3 Å². The second-order valence-corrected chi connectivity index (χ2v) is 8.42. The van der Waals surface area contributed by atoms with E-state index >= 15 is 0 Å². The fourth-order valence-corrected chi connectivity index (χ4v) is 3.93. The van der Waals surface area contributed by atoms with Crippen molar-refractivity contribution < 1.29 is 28.9 Å². The number of Topliss-reactive ketones (excluding diaryl/α,β-unsaturated/α-hetero) is 1. The Morgan fingerprint density at radius 2 is 1.79 bits per heavy atom. The van der Waals surface area contributed by atoms with Crippen LogP contribution in [0.3, 0.4) is 0 Å². The summed E-state index contributed by atoms with van der Waals surface area (Å²) in [4.78, 5) is 27.7. The van der Waals surface area contributed by atoms with E-state index in [1.54, 1.807) is 49.6 Å². The molecule has 2 aromatic rings. The number of ketones is 1. The summed E-state index contributed by atoms with van der Waals surface area (Å²) in [7, 11) is 1.56. The summed E-state index contributed by atoms with van der Waals surface area (Å²) in [5, 5.41) is 11.2. The highest BCUT2D eigenvalue weighted by Gasteiger charge is 2.45. The van der Waals surface area contributed by atoms with Crippen molar-refractivity contribution in [1.82, 2.24) is 4.90 Å². The number of likely N-dealkylation sites (tertiary alicyclic amines) is 1. The number of aliphatic hydroxyl groups is 1. The third-order valence-electron chi connectivity index (χ3n) is 5.52. The number of nitrogens with zero attached hydrogens (tertiary/aromatic N) is 1. The number of aliphatic hydroxyl groups excluding tert-OH is 1. The molecule has 1 atom stereocenters. The smallest absolute Gasteiger partial charge is 0.295 e. The van der Waals surface area contributed by atoms with Gasteiger partial charge in [0, 0.05) is 18.7 Å². The predicted molar refractivity (Wildman–Crippen MR) is 130 cm³/mol. The van der Waals surface area contributed by atoms with Gasteiger partial charge in [0.05, 0.1) is 31.4 Å². The Hall–Kier alpha value is -3.32. The van der Waals surface area contributed by atoms with Gasteiger partial charge in [0.2, 0.25) is 0 Å². The molecule has 0 bridgehead atoms. The van der Waals surface area contributed by atoms with Crippen LogP contribution in [0.1, 0.15) is 50.8 Å². The molecule has 7 nitrogen and oxygen atoms in total. The molecule has 2 aromatic carbocycles. The largest absolute Gasteiger partial charge is 0.507 e. The van der Waals surface area contributed by atoms with E-state index in [1.165, 1.54) is 4.90 Å². The molecule has 1 fully saturated rings. The van der Waals surface area contributed by atoms with Crippen LogP contribution >= 0.6 is 0 Å². The fraction of sp³-hybridized carbons (Fsp3) is 0.407. The highest BCUT2D eigenvalue weighted by molar-refractivity contribution is 6.46. The average Bonchev–Trinajstić information content (AvgIpc) is 3.10. The summed E-state index contributed by atoms with van der Waals surface area (Å²) >= 11 is 0. The van der Waals surface area contributed by atoms with Crippen LogP contribution in [0.5, 0.6) is 11.5 Å². The molecule has 1 saturated heterocycles. The molecule has 1 unspecified atom stereocenters. The number of rotatable bonds is 11. The summed E-state index contributed by atoms with van der Waals surface area (Å²) in [6.07, 6.45) is 1.48. The normalized spacial score (nSPS) is 17.4. The van der Waals surface area contributed by atoms with Crippen molar-refractivity contribution in [3.05, 3.63) is 65.2 Å². The minimum absolute atomic E-state index is 0.0515. The van der Waals surface area contributed by atoms with E-state index in [2.05, 4.69) is 0 Å². The Balaban J connectivity index is 2.04. The van der Waals surface area contributed by atoms with Crippen LogP contribution in [0, 0.1) is 0 Å². The highest BCUT2D eigenvalue weighted by atomic mass is 16.5. The molecule has 0 radical (unpaired) electrons. The second kappa shape index (κ2) is 11.7. The van der Waals surface area contributed by atoms with Crippen molar-refractivity contribution in [3.63, 3.8) is 0 Å². The van der Waals surface area contributed by atoms with Gasteiger partial charge in [-0.05, 0) is 56.5 Å². The maximum Gasteiger partial charge on any atom is 0.295 e. The number of benzene rings is 2. The third kappa shape index (κ3) is 5.78. The molecule has 0 aliphatic carbocycles. The SMILES string of the molecule is CCCOc1cccc(/C(O)=C2/C(=O)C(=O)N(CCCOC(C)C)C2c2cccc(OC)c2)c1. The molecule has 1 aliphatic heterocycles. The minimum atomic E-state index is -0.741. The molecule has 1 N–H and O–H groups in total. The molecule has 1 amide bonds. The Kier molecular flexibility index (Phi) is 8.71. The van der Waals surface area contributed by atoms with Crippen molar-refractivity contribution in [2.24, 2.45) is 0 Å². The first-order chi connectivity index (χ1) is 16.4. The van der Waals surface area contributed by atoms with Gasteiger partial charge in [0.25, 0.3) is 11.7 Å². The molecular formula is C27H33NO6. The summed E-state index contributed by atoms with van der Waals surface area (Å²) in [6, 6.07) is 13.4. The molecule has 0 saturated carbocycles. The maximum atomic E-state index is 13.2. The molecule has 1 heterocycles. The van der Waals surface area contributed by atoms with E-state index in [9.17, 15) is 14.7 Å². The number of methoxy groups -OCH3 is 1. The number of amides is 1. The van der Waals surface area contributed by atoms with Crippen molar-refractivity contribution in [1.29, 1.82) is 0 Å². The van der Waals surface area contributed by atoms with Gasteiger partial charge in [-0.15, -0.1) is 0 Å². The molecule has 0 aromatic heterocycles. The van der Waals surface area contributed by atoms with Crippen LogP contribution in [0.25, 0.3) is 5.76 Å². The first-order valence-corrected chi connectivity index (χ1v) is 11.6. The summed E-state index contributed by atoms with van der Waals surface area (Å²) in [5.74, 6) is -0.397. The van der Waals surface area contributed by atoms with Gasteiger partial charge in [-0.25, -0.2) is 0 Å². The van der Waals surface area contributed by atoms with E-state index < -0.39 is 17.7 Å². The van der Waals surface area contributed by atoms with Gasteiger partial charge in [-0.3, -0.25) is 9.59 Å². The Labute approximate surface area is 200 Å². The lowest BCUT2D eigenvalue weighted by atomic mass is 9.95. The minimum Gasteiger partial charge on any atom is -0.507 e. The molecule has 182 valence electrons.